The number of carbonyl (C=O) groups is 1. The van der Waals surface area contributed by atoms with Gasteiger partial charge in [0.05, 0.1) is 5.69 Å². The maximum atomic E-state index is 12.3. The number of amides is 1. The van der Waals surface area contributed by atoms with Gasteiger partial charge in [0, 0.05) is 42.8 Å². The molecule has 0 bridgehead atoms. The highest BCUT2D eigenvalue weighted by Gasteiger charge is 2.15. The summed E-state index contributed by atoms with van der Waals surface area (Å²) in [7, 11) is 0. The van der Waals surface area contributed by atoms with E-state index in [1.165, 1.54) is 12.8 Å². The Balaban J connectivity index is 1.55. The molecule has 3 rings (SSSR count). The highest BCUT2D eigenvalue weighted by atomic mass is 32.1. The molecule has 116 valence electrons. The summed E-state index contributed by atoms with van der Waals surface area (Å²) in [5.41, 5.74) is 2.10. The van der Waals surface area contributed by atoms with E-state index in [0.717, 1.165) is 48.6 Å². The Morgan fingerprint density at radius 2 is 1.86 bits per heavy atom. The molecule has 2 aromatic rings. The van der Waals surface area contributed by atoms with E-state index in [2.05, 4.69) is 15.3 Å². The fraction of sp³-hybridized carbons (Fsp3) is 0.471. The predicted octanol–water partition coefficient (Wildman–Crippen LogP) is 3.54. The van der Waals surface area contributed by atoms with Crippen LogP contribution in [0.5, 0.6) is 0 Å². The molecule has 0 saturated carbocycles. The summed E-state index contributed by atoms with van der Waals surface area (Å²) in [5, 5.41) is 3.06. The molecule has 1 aliphatic rings. The van der Waals surface area contributed by atoms with Crippen LogP contribution in [0.4, 0.5) is 0 Å². The largest absolute Gasteiger partial charge is 0.343 e. The van der Waals surface area contributed by atoms with Gasteiger partial charge in [-0.3, -0.25) is 9.78 Å². The van der Waals surface area contributed by atoms with Gasteiger partial charge < -0.3 is 4.90 Å². The summed E-state index contributed by atoms with van der Waals surface area (Å²) < 4.78 is 0. The minimum atomic E-state index is 0.278. The number of likely N-dealkylation sites (tertiary alicyclic amines) is 1. The molecule has 1 fully saturated rings. The van der Waals surface area contributed by atoms with Gasteiger partial charge in [0.15, 0.2) is 0 Å². The molecule has 2 aromatic heterocycles. The molecule has 0 radical (unpaired) electrons. The van der Waals surface area contributed by atoms with E-state index in [-0.39, 0.29) is 5.91 Å². The summed E-state index contributed by atoms with van der Waals surface area (Å²) in [6, 6.07) is 3.93. The molecule has 22 heavy (non-hydrogen) atoms. The lowest BCUT2D eigenvalue weighted by Crippen LogP contribution is -2.31. The smallest absolute Gasteiger partial charge is 0.222 e. The Kier molecular flexibility index (Phi) is 5.16. The third-order valence-electron chi connectivity index (χ3n) is 4.03. The van der Waals surface area contributed by atoms with Crippen molar-refractivity contribution in [1.82, 2.24) is 14.9 Å². The number of aryl methyl sites for hydroxylation is 1. The quantitative estimate of drug-likeness (QED) is 0.867. The second-order valence-electron chi connectivity index (χ2n) is 5.67. The lowest BCUT2D eigenvalue weighted by molar-refractivity contribution is -0.131. The van der Waals surface area contributed by atoms with Gasteiger partial charge in [0.25, 0.3) is 0 Å². The first-order chi connectivity index (χ1) is 10.8. The van der Waals surface area contributed by atoms with Gasteiger partial charge in [-0.1, -0.05) is 12.8 Å². The van der Waals surface area contributed by atoms with Gasteiger partial charge in [0.1, 0.15) is 5.01 Å². The first kappa shape index (κ1) is 15.2. The molecule has 1 aliphatic heterocycles. The first-order valence-corrected chi connectivity index (χ1v) is 8.83. The number of rotatable bonds is 4. The van der Waals surface area contributed by atoms with Gasteiger partial charge in [-0.25, -0.2) is 4.98 Å². The molecule has 5 heteroatoms. The average Bonchev–Trinajstić information content (AvgIpc) is 2.87. The van der Waals surface area contributed by atoms with Gasteiger partial charge in [0.2, 0.25) is 5.91 Å². The van der Waals surface area contributed by atoms with Gasteiger partial charge in [-0.2, -0.15) is 0 Å². The monoisotopic (exact) mass is 315 g/mol. The molecular weight excluding hydrogens is 294 g/mol. The number of aromatic nitrogens is 2. The summed E-state index contributed by atoms with van der Waals surface area (Å²) in [6.45, 7) is 1.86. The van der Waals surface area contributed by atoms with Crippen molar-refractivity contribution < 1.29 is 4.79 Å². The highest BCUT2D eigenvalue weighted by molar-refractivity contribution is 7.13. The number of nitrogens with zero attached hydrogens (tertiary/aromatic N) is 3. The topological polar surface area (TPSA) is 46.1 Å². The lowest BCUT2D eigenvalue weighted by atomic mass is 10.2. The van der Waals surface area contributed by atoms with Crippen LogP contribution >= 0.6 is 11.3 Å². The Morgan fingerprint density at radius 3 is 2.59 bits per heavy atom. The molecule has 0 atom stereocenters. The van der Waals surface area contributed by atoms with Crippen LogP contribution in [0.2, 0.25) is 0 Å². The summed E-state index contributed by atoms with van der Waals surface area (Å²) in [5.74, 6) is 0.278. The van der Waals surface area contributed by atoms with E-state index in [1.807, 2.05) is 17.0 Å². The van der Waals surface area contributed by atoms with Crippen LogP contribution in [0.1, 0.15) is 37.8 Å². The number of pyridine rings is 1. The number of hydrogen-bond donors (Lipinski definition) is 0. The number of carbonyl (C=O) groups excluding carboxylic acids is 1. The zero-order valence-electron chi connectivity index (χ0n) is 12.7. The lowest BCUT2D eigenvalue weighted by Gasteiger charge is -2.19. The Bertz CT molecular complexity index is 603. The Morgan fingerprint density at radius 1 is 1.14 bits per heavy atom. The summed E-state index contributed by atoms with van der Waals surface area (Å²) in [6.07, 6.45) is 9.66. The Labute approximate surface area is 135 Å². The molecule has 1 saturated heterocycles. The number of thiazole rings is 1. The fourth-order valence-corrected chi connectivity index (χ4v) is 3.62. The van der Waals surface area contributed by atoms with Crippen LogP contribution < -0.4 is 0 Å². The SMILES string of the molecule is O=C(CCc1csc(-c2ccncc2)n1)N1CCCCCC1. The van der Waals surface area contributed by atoms with Crippen molar-refractivity contribution in [3.05, 3.63) is 35.6 Å². The third-order valence-corrected chi connectivity index (χ3v) is 4.97. The second kappa shape index (κ2) is 7.49. The van der Waals surface area contributed by atoms with Gasteiger partial charge >= 0.3 is 0 Å². The van der Waals surface area contributed by atoms with Crippen molar-refractivity contribution in [1.29, 1.82) is 0 Å². The predicted molar refractivity (Wildman–Crippen MR) is 88.7 cm³/mol. The van der Waals surface area contributed by atoms with Crippen molar-refractivity contribution in [3.63, 3.8) is 0 Å². The molecule has 0 N–H and O–H groups in total. The highest BCUT2D eigenvalue weighted by Crippen LogP contribution is 2.23. The molecule has 1 amide bonds. The van der Waals surface area contributed by atoms with Crippen molar-refractivity contribution in [2.45, 2.75) is 38.5 Å². The maximum Gasteiger partial charge on any atom is 0.222 e. The molecule has 0 aromatic carbocycles. The van der Waals surface area contributed by atoms with Crippen molar-refractivity contribution in [2.24, 2.45) is 0 Å². The van der Waals surface area contributed by atoms with Crippen LogP contribution in [0.15, 0.2) is 29.9 Å². The van der Waals surface area contributed by atoms with Crippen molar-refractivity contribution >= 4 is 17.2 Å². The molecular formula is C17H21N3OS. The van der Waals surface area contributed by atoms with Gasteiger partial charge in [-0.15, -0.1) is 11.3 Å². The second-order valence-corrected chi connectivity index (χ2v) is 6.53. The van der Waals surface area contributed by atoms with Crippen molar-refractivity contribution in [3.8, 4) is 10.6 Å². The zero-order chi connectivity index (χ0) is 15.2. The average molecular weight is 315 g/mol. The molecule has 0 unspecified atom stereocenters. The van der Waals surface area contributed by atoms with Crippen LogP contribution in [-0.4, -0.2) is 33.9 Å². The van der Waals surface area contributed by atoms with E-state index in [1.54, 1.807) is 23.7 Å². The van der Waals surface area contributed by atoms with E-state index in [0.29, 0.717) is 6.42 Å². The van der Waals surface area contributed by atoms with Crippen LogP contribution in [0.25, 0.3) is 10.6 Å². The van der Waals surface area contributed by atoms with E-state index in [9.17, 15) is 4.79 Å². The number of hydrogen-bond acceptors (Lipinski definition) is 4. The van der Waals surface area contributed by atoms with Crippen LogP contribution in [0, 0.1) is 0 Å². The minimum Gasteiger partial charge on any atom is -0.343 e. The Hall–Kier alpha value is -1.75. The van der Waals surface area contributed by atoms with Crippen molar-refractivity contribution in [2.75, 3.05) is 13.1 Å². The third kappa shape index (κ3) is 3.91. The van der Waals surface area contributed by atoms with E-state index < -0.39 is 0 Å². The molecule has 4 nitrogen and oxygen atoms in total. The summed E-state index contributed by atoms with van der Waals surface area (Å²) >= 11 is 1.63. The normalized spacial score (nSPS) is 15.5. The minimum absolute atomic E-state index is 0.278. The molecule has 0 spiro atoms. The zero-order valence-corrected chi connectivity index (χ0v) is 13.5. The first-order valence-electron chi connectivity index (χ1n) is 7.95. The van der Waals surface area contributed by atoms with Crippen LogP contribution in [-0.2, 0) is 11.2 Å². The van der Waals surface area contributed by atoms with Crippen LogP contribution in [0.3, 0.4) is 0 Å². The standard InChI is InChI=1S/C17H21N3OS/c21-16(20-11-3-1-2-4-12-20)6-5-15-13-22-17(19-15)14-7-9-18-10-8-14/h7-10,13H,1-6,11-12H2. The summed E-state index contributed by atoms with van der Waals surface area (Å²) in [4.78, 5) is 23.0. The van der Waals surface area contributed by atoms with E-state index >= 15 is 0 Å². The van der Waals surface area contributed by atoms with Gasteiger partial charge in [-0.05, 0) is 31.4 Å². The molecule has 0 aliphatic carbocycles. The molecule has 3 heterocycles. The van der Waals surface area contributed by atoms with E-state index in [4.69, 9.17) is 0 Å². The fourth-order valence-electron chi connectivity index (χ4n) is 2.76. The maximum absolute atomic E-state index is 12.3.